The van der Waals surface area contributed by atoms with Gasteiger partial charge in [-0.3, -0.25) is 4.79 Å². The third-order valence-electron chi connectivity index (χ3n) is 6.79. The van der Waals surface area contributed by atoms with Crippen molar-refractivity contribution >= 4 is 11.9 Å². The number of aliphatic hydroxyl groups is 1. The van der Waals surface area contributed by atoms with Gasteiger partial charge in [0.1, 0.15) is 30.5 Å². The molecule has 0 bridgehead atoms. The molecule has 1 saturated carbocycles. The molecule has 0 unspecified atom stereocenters. The first kappa shape index (κ1) is 28.4. The number of aliphatic hydroxyl groups excluding tert-OH is 1. The lowest BCUT2D eigenvalue weighted by atomic mass is 9.80. The minimum absolute atomic E-state index is 0.00874. The standard InChI is InChI=1S/C30H37FO6/c1-3-4-5-6-22-7-9-24(10-8-22)30(34)37-26-15-16-27(28(31)19-26)23-11-13-25(14-12-23)35-17-18-36-29(33)21(2)20-32/h11-16,19,22,24,32H,2-10,17-18,20H2,1H3. The van der Waals surface area contributed by atoms with Crippen LogP contribution in [0, 0.1) is 17.7 Å². The highest BCUT2D eigenvalue weighted by molar-refractivity contribution is 5.87. The maximum absolute atomic E-state index is 14.9. The van der Waals surface area contributed by atoms with Gasteiger partial charge in [0.2, 0.25) is 0 Å². The lowest BCUT2D eigenvalue weighted by molar-refractivity contribution is -0.141. The molecule has 3 rings (SSSR count). The molecule has 1 aliphatic carbocycles. The zero-order valence-electron chi connectivity index (χ0n) is 21.5. The van der Waals surface area contributed by atoms with E-state index < -0.39 is 18.4 Å². The van der Waals surface area contributed by atoms with Gasteiger partial charge in [0.05, 0.1) is 18.1 Å². The molecule has 0 aliphatic heterocycles. The minimum Gasteiger partial charge on any atom is -0.490 e. The molecular formula is C30H37FO6. The molecule has 7 heteroatoms. The van der Waals surface area contributed by atoms with E-state index >= 15 is 0 Å². The van der Waals surface area contributed by atoms with Crippen LogP contribution in [0.3, 0.4) is 0 Å². The second-order valence-corrected chi connectivity index (χ2v) is 9.55. The molecule has 0 radical (unpaired) electrons. The van der Waals surface area contributed by atoms with E-state index in [0.29, 0.717) is 22.8 Å². The SMILES string of the molecule is C=C(CO)C(=O)OCCOc1ccc(-c2ccc(OC(=O)C3CCC(CCCCC)CC3)cc2F)cc1. The summed E-state index contributed by atoms with van der Waals surface area (Å²) in [4.78, 5) is 24.1. The average molecular weight is 513 g/mol. The Morgan fingerprint density at radius 2 is 1.70 bits per heavy atom. The van der Waals surface area contributed by atoms with Crippen molar-refractivity contribution in [1.82, 2.24) is 0 Å². The van der Waals surface area contributed by atoms with Gasteiger partial charge < -0.3 is 19.3 Å². The van der Waals surface area contributed by atoms with Crippen LogP contribution < -0.4 is 9.47 Å². The van der Waals surface area contributed by atoms with E-state index in [2.05, 4.69) is 13.5 Å². The molecule has 6 nitrogen and oxygen atoms in total. The number of carbonyl (C=O) groups is 2. The molecule has 37 heavy (non-hydrogen) atoms. The maximum Gasteiger partial charge on any atom is 0.335 e. The van der Waals surface area contributed by atoms with Gasteiger partial charge in [0.25, 0.3) is 0 Å². The molecule has 0 spiro atoms. The van der Waals surface area contributed by atoms with Gasteiger partial charge in [-0.15, -0.1) is 0 Å². The summed E-state index contributed by atoms with van der Waals surface area (Å²) in [7, 11) is 0. The number of hydrogen-bond donors (Lipinski definition) is 1. The molecular weight excluding hydrogens is 475 g/mol. The number of halogens is 1. The van der Waals surface area contributed by atoms with Crippen LogP contribution in [-0.4, -0.2) is 36.9 Å². The van der Waals surface area contributed by atoms with Crippen LogP contribution in [0.25, 0.3) is 11.1 Å². The van der Waals surface area contributed by atoms with Crippen molar-refractivity contribution in [3.05, 3.63) is 60.4 Å². The summed E-state index contributed by atoms with van der Waals surface area (Å²) in [6.45, 7) is 5.27. The van der Waals surface area contributed by atoms with Crippen LogP contribution in [0.4, 0.5) is 4.39 Å². The number of rotatable bonds is 13. The quantitative estimate of drug-likeness (QED) is 0.148. The predicted molar refractivity (Wildman–Crippen MR) is 140 cm³/mol. The first-order valence-electron chi connectivity index (χ1n) is 13.1. The molecule has 200 valence electrons. The highest BCUT2D eigenvalue weighted by atomic mass is 19.1. The van der Waals surface area contributed by atoms with E-state index in [4.69, 9.17) is 19.3 Å². The summed E-state index contributed by atoms with van der Waals surface area (Å²) in [5, 5.41) is 8.84. The Labute approximate surface area is 218 Å². The van der Waals surface area contributed by atoms with Crippen LogP contribution in [-0.2, 0) is 14.3 Å². The normalized spacial score (nSPS) is 17.2. The van der Waals surface area contributed by atoms with Crippen LogP contribution >= 0.6 is 0 Å². The van der Waals surface area contributed by atoms with Crippen molar-refractivity contribution < 1.29 is 33.3 Å². The second kappa shape index (κ2) is 14.5. The van der Waals surface area contributed by atoms with Crippen LogP contribution in [0.2, 0.25) is 0 Å². The fourth-order valence-corrected chi connectivity index (χ4v) is 4.55. The number of unbranched alkanes of at least 4 members (excludes halogenated alkanes) is 2. The highest BCUT2D eigenvalue weighted by Crippen LogP contribution is 2.34. The summed E-state index contributed by atoms with van der Waals surface area (Å²) < 4.78 is 30.8. The monoisotopic (exact) mass is 512 g/mol. The third-order valence-corrected chi connectivity index (χ3v) is 6.79. The average Bonchev–Trinajstić information content (AvgIpc) is 2.91. The molecule has 0 heterocycles. The molecule has 2 aromatic carbocycles. The van der Waals surface area contributed by atoms with Crippen LogP contribution in [0.5, 0.6) is 11.5 Å². The molecule has 1 aliphatic rings. The first-order valence-corrected chi connectivity index (χ1v) is 13.1. The van der Waals surface area contributed by atoms with Gasteiger partial charge in [-0.05, 0) is 61.4 Å². The number of benzene rings is 2. The summed E-state index contributed by atoms with van der Waals surface area (Å²) in [6, 6.07) is 11.3. The van der Waals surface area contributed by atoms with E-state index in [-0.39, 0.29) is 36.4 Å². The Bertz CT molecular complexity index is 1040. The Kier molecular flexibility index (Phi) is 11.1. The van der Waals surface area contributed by atoms with E-state index in [0.717, 1.165) is 25.7 Å². The Balaban J connectivity index is 1.47. The van der Waals surface area contributed by atoms with Gasteiger partial charge in [-0.25, -0.2) is 9.18 Å². The Morgan fingerprint density at radius 3 is 2.35 bits per heavy atom. The largest absolute Gasteiger partial charge is 0.490 e. The smallest absolute Gasteiger partial charge is 0.335 e. The number of ether oxygens (including phenoxy) is 3. The fourth-order valence-electron chi connectivity index (χ4n) is 4.55. The Morgan fingerprint density at radius 1 is 1.00 bits per heavy atom. The summed E-state index contributed by atoms with van der Waals surface area (Å²) >= 11 is 0. The van der Waals surface area contributed by atoms with Gasteiger partial charge in [-0.2, -0.15) is 0 Å². The molecule has 1 N–H and O–H groups in total. The van der Waals surface area contributed by atoms with E-state index in [9.17, 15) is 14.0 Å². The third kappa shape index (κ3) is 8.71. The van der Waals surface area contributed by atoms with Gasteiger partial charge >= 0.3 is 11.9 Å². The minimum atomic E-state index is -0.670. The van der Waals surface area contributed by atoms with Crippen molar-refractivity contribution in [1.29, 1.82) is 0 Å². The lowest BCUT2D eigenvalue weighted by Crippen LogP contribution is -2.25. The van der Waals surface area contributed by atoms with Crippen LogP contribution in [0.1, 0.15) is 58.3 Å². The molecule has 0 amide bonds. The molecule has 2 aromatic rings. The lowest BCUT2D eigenvalue weighted by Gasteiger charge is -2.27. The maximum atomic E-state index is 14.9. The van der Waals surface area contributed by atoms with Gasteiger partial charge in [-0.1, -0.05) is 51.3 Å². The van der Waals surface area contributed by atoms with Gasteiger partial charge in [0, 0.05) is 11.6 Å². The molecule has 0 atom stereocenters. The van der Waals surface area contributed by atoms with Crippen LogP contribution in [0.15, 0.2) is 54.6 Å². The topological polar surface area (TPSA) is 82.1 Å². The highest BCUT2D eigenvalue weighted by Gasteiger charge is 2.27. The second-order valence-electron chi connectivity index (χ2n) is 9.55. The fraction of sp³-hybridized carbons (Fsp3) is 0.467. The van der Waals surface area contributed by atoms with Gasteiger partial charge in [0.15, 0.2) is 0 Å². The molecule has 0 saturated heterocycles. The summed E-state index contributed by atoms with van der Waals surface area (Å²) in [5.74, 6) is -0.0758. The van der Waals surface area contributed by atoms with Crippen molar-refractivity contribution in [3.63, 3.8) is 0 Å². The van der Waals surface area contributed by atoms with E-state index in [1.54, 1.807) is 36.4 Å². The number of hydrogen-bond acceptors (Lipinski definition) is 6. The van der Waals surface area contributed by atoms with E-state index in [1.807, 2.05) is 0 Å². The molecule has 0 aromatic heterocycles. The number of carbonyl (C=O) groups excluding carboxylic acids is 2. The predicted octanol–water partition coefficient (Wildman–Crippen LogP) is 6.26. The molecule has 1 fully saturated rings. The zero-order chi connectivity index (χ0) is 26.6. The first-order chi connectivity index (χ1) is 17.9. The summed E-state index contributed by atoms with van der Waals surface area (Å²) in [6.07, 6.45) is 8.79. The van der Waals surface area contributed by atoms with Crippen molar-refractivity contribution in [2.24, 2.45) is 11.8 Å². The van der Waals surface area contributed by atoms with Crippen molar-refractivity contribution in [2.45, 2.75) is 58.3 Å². The zero-order valence-corrected chi connectivity index (χ0v) is 21.5. The van der Waals surface area contributed by atoms with Crippen molar-refractivity contribution in [3.8, 4) is 22.6 Å². The summed E-state index contributed by atoms with van der Waals surface area (Å²) in [5.41, 5.74) is 1.01. The van der Waals surface area contributed by atoms with E-state index in [1.165, 1.54) is 31.7 Å². The van der Waals surface area contributed by atoms with Crippen molar-refractivity contribution in [2.75, 3.05) is 19.8 Å². The Hall–Kier alpha value is -3.19. The number of esters is 2.